The molecule has 0 aliphatic heterocycles. The van der Waals surface area contributed by atoms with Gasteiger partial charge in [-0.05, 0) is 40.7 Å². The minimum atomic E-state index is -4.58. The predicted molar refractivity (Wildman–Crippen MR) is 119 cm³/mol. The zero-order valence-electron chi connectivity index (χ0n) is 18.3. The van der Waals surface area contributed by atoms with E-state index in [1.165, 1.54) is 0 Å². The highest BCUT2D eigenvalue weighted by atomic mass is 19.4. The smallest absolute Gasteiger partial charge is 0.339 e. The average Bonchev–Trinajstić information content (AvgIpc) is 2.67. The molecular formula is C24H27F3N4. The predicted octanol–water partition coefficient (Wildman–Crippen LogP) is 7.40. The maximum atomic E-state index is 13.6. The standard InChI is InChI=1S/C24H27F3N4/c1-15(2)18-8-6-7-9-20(18)30-21-19(24(25,26)27)14-28-22(31-21)29-17-12-10-16(11-13-17)23(3,4)5/h6-15H,1-5H3,(H2,28,29,30,31). The highest BCUT2D eigenvalue weighted by Crippen LogP contribution is 2.36. The van der Waals surface area contributed by atoms with E-state index in [1.807, 2.05) is 50.2 Å². The number of benzene rings is 2. The molecule has 0 saturated heterocycles. The van der Waals surface area contributed by atoms with Crippen molar-refractivity contribution in [2.45, 2.75) is 52.1 Å². The first-order valence-corrected chi connectivity index (χ1v) is 10.1. The summed E-state index contributed by atoms with van der Waals surface area (Å²) in [6.07, 6.45) is -3.78. The molecule has 1 aromatic heterocycles. The van der Waals surface area contributed by atoms with Gasteiger partial charge in [0.05, 0.1) is 0 Å². The van der Waals surface area contributed by atoms with Crippen molar-refractivity contribution < 1.29 is 13.2 Å². The van der Waals surface area contributed by atoms with Crippen LogP contribution in [0.4, 0.5) is 36.3 Å². The van der Waals surface area contributed by atoms with Crippen LogP contribution in [-0.2, 0) is 11.6 Å². The lowest BCUT2D eigenvalue weighted by Gasteiger charge is -2.19. The third kappa shape index (κ3) is 5.54. The number of nitrogens with zero attached hydrogens (tertiary/aromatic N) is 2. The Labute approximate surface area is 181 Å². The lowest BCUT2D eigenvalue weighted by molar-refractivity contribution is -0.137. The minimum absolute atomic E-state index is 0.00425. The van der Waals surface area contributed by atoms with Crippen LogP contribution in [0.1, 0.15) is 57.2 Å². The van der Waals surface area contributed by atoms with Gasteiger partial charge < -0.3 is 10.6 Å². The van der Waals surface area contributed by atoms with Crippen molar-refractivity contribution >= 4 is 23.1 Å². The van der Waals surface area contributed by atoms with E-state index in [-0.39, 0.29) is 23.1 Å². The van der Waals surface area contributed by atoms with Gasteiger partial charge in [0.25, 0.3) is 0 Å². The normalized spacial score (nSPS) is 12.2. The third-order valence-corrected chi connectivity index (χ3v) is 4.94. The molecule has 1 heterocycles. The van der Waals surface area contributed by atoms with Crippen LogP contribution in [0, 0.1) is 0 Å². The number of halogens is 3. The van der Waals surface area contributed by atoms with Crippen LogP contribution < -0.4 is 10.6 Å². The topological polar surface area (TPSA) is 49.8 Å². The maximum absolute atomic E-state index is 13.6. The molecule has 31 heavy (non-hydrogen) atoms. The summed E-state index contributed by atoms with van der Waals surface area (Å²) >= 11 is 0. The Morgan fingerprint density at radius 2 is 1.52 bits per heavy atom. The first-order chi connectivity index (χ1) is 14.4. The van der Waals surface area contributed by atoms with E-state index in [9.17, 15) is 13.2 Å². The van der Waals surface area contributed by atoms with Gasteiger partial charge in [-0.3, -0.25) is 0 Å². The Balaban J connectivity index is 1.94. The van der Waals surface area contributed by atoms with E-state index in [4.69, 9.17) is 0 Å². The van der Waals surface area contributed by atoms with E-state index >= 15 is 0 Å². The fourth-order valence-corrected chi connectivity index (χ4v) is 3.17. The molecule has 2 aromatic carbocycles. The SMILES string of the molecule is CC(C)c1ccccc1Nc1nc(Nc2ccc(C(C)(C)C)cc2)ncc1C(F)(F)F. The second-order valence-corrected chi connectivity index (χ2v) is 8.77. The molecule has 0 bridgehead atoms. The molecule has 0 spiro atoms. The fraction of sp³-hybridized carbons (Fsp3) is 0.333. The summed E-state index contributed by atoms with van der Waals surface area (Å²) in [5.41, 5.74) is 2.42. The van der Waals surface area contributed by atoms with Crippen LogP contribution in [0.3, 0.4) is 0 Å². The number of hydrogen-bond donors (Lipinski definition) is 2. The van der Waals surface area contributed by atoms with Crippen LogP contribution >= 0.6 is 0 Å². The summed E-state index contributed by atoms with van der Waals surface area (Å²) in [6.45, 7) is 10.3. The van der Waals surface area contributed by atoms with Gasteiger partial charge >= 0.3 is 6.18 Å². The van der Waals surface area contributed by atoms with Gasteiger partial charge in [-0.1, -0.05) is 65.0 Å². The molecule has 3 aromatic rings. The Morgan fingerprint density at radius 3 is 2.10 bits per heavy atom. The van der Waals surface area contributed by atoms with Crippen LogP contribution in [0.5, 0.6) is 0 Å². The van der Waals surface area contributed by atoms with Crippen molar-refractivity contribution in [1.82, 2.24) is 9.97 Å². The number of nitrogens with one attached hydrogen (secondary N) is 2. The van der Waals surface area contributed by atoms with Crippen LogP contribution in [-0.4, -0.2) is 9.97 Å². The monoisotopic (exact) mass is 428 g/mol. The largest absolute Gasteiger partial charge is 0.421 e. The lowest BCUT2D eigenvalue weighted by Crippen LogP contribution is -2.13. The molecule has 164 valence electrons. The van der Waals surface area contributed by atoms with Crippen molar-refractivity contribution in [2.75, 3.05) is 10.6 Å². The summed E-state index contributed by atoms with van der Waals surface area (Å²) < 4.78 is 40.8. The van der Waals surface area contributed by atoms with Gasteiger partial charge in [0, 0.05) is 17.6 Å². The van der Waals surface area contributed by atoms with E-state index < -0.39 is 11.7 Å². The van der Waals surface area contributed by atoms with Crippen molar-refractivity contribution in [3.05, 3.63) is 71.4 Å². The van der Waals surface area contributed by atoms with E-state index in [0.29, 0.717) is 11.4 Å². The zero-order valence-corrected chi connectivity index (χ0v) is 18.3. The molecule has 0 radical (unpaired) electrons. The summed E-state index contributed by atoms with van der Waals surface area (Å²) in [4.78, 5) is 8.04. The zero-order chi connectivity index (χ0) is 22.8. The molecule has 0 amide bonds. The first kappa shape index (κ1) is 22.6. The number of rotatable bonds is 5. The summed E-state index contributed by atoms with van der Waals surface area (Å²) in [5.74, 6) is -0.0655. The number of para-hydroxylation sites is 1. The number of anilines is 4. The second-order valence-electron chi connectivity index (χ2n) is 8.77. The Hall–Kier alpha value is -3.09. The Kier molecular flexibility index (Phi) is 6.25. The lowest BCUT2D eigenvalue weighted by atomic mass is 9.87. The number of hydrogen-bond acceptors (Lipinski definition) is 4. The molecule has 4 nitrogen and oxygen atoms in total. The van der Waals surface area contributed by atoms with Crippen molar-refractivity contribution in [1.29, 1.82) is 0 Å². The van der Waals surface area contributed by atoms with Crippen molar-refractivity contribution in [3.63, 3.8) is 0 Å². The van der Waals surface area contributed by atoms with E-state index in [1.54, 1.807) is 12.1 Å². The van der Waals surface area contributed by atoms with Crippen LogP contribution in [0.2, 0.25) is 0 Å². The third-order valence-electron chi connectivity index (χ3n) is 4.94. The Bertz CT molecular complexity index is 1040. The highest BCUT2D eigenvalue weighted by Gasteiger charge is 2.35. The fourth-order valence-electron chi connectivity index (χ4n) is 3.17. The van der Waals surface area contributed by atoms with Gasteiger partial charge in [-0.25, -0.2) is 4.98 Å². The molecule has 0 aliphatic rings. The van der Waals surface area contributed by atoms with Gasteiger partial charge in [-0.15, -0.1) is 0 Å². The molecule has 0 aliphatic carbocycles. The summed E-state index contributed by atoms with van der Waals surface area (Å²) in [6, 6.07) is 15.0. The maximum Gasteiger partial charge on any atom is 0.421 e. The summed E-state index contributed by atoms with van der Waals surface area (Å²) in [5, 5.41) is 5.87. The number of aromatic nitrogens is 2. The summed E-state index contributed by atoms with van der Waals surface area (Å²) in [7, 11) is 0. The van der Waals surface area contributed by atoms with Crippen molar-refractivity contribution in [3.8, 4) is 0 Å². The van der Waals surface area contributed by atoms with Gasteiger partial charge in [0.1, 0.15) is 11.4 Å². The molecule has 0 fully saturated rings. The molecular weight excluding hydrogens is 401 g/mol. The molecule has 0 atom stereocenters. The molecule has 3 rings (SSSR count). The highest BCUT2D eigenvalue weighted by molar-refractivity contribution is 5.66. The first-order valence-electron chi connectivity index (χ1n) is 10.1. The molecule has 7 heteroatoms. The van der Waals surface area contributed by atoms with Crippen molar-refractivity contribution in [2.24, 2.45) is 0 Å². The van der Waals surface area contributed by atoms with Crippen LogP contribution in [0.15, 0.2) is 54.7 Å². The molecule has 0 saturated carbocycles. The molecule has 2 N–H and O–H groups in total. The minimum Gasteiger partial charge on any atom is -0.339 e. The quantitative estimate of drug-likeness (QED) is 0.444. The van der Waals surface area contributed by atoms with Gasteiger partial charge in [-0.2, -0.15) is 18.2 Å². The van der Waals surface area contributed by atoms with Gasteiger partial charge in [0.15, 0.2) is 0 Å². The molecule has 0 unspecified atom stereocenters. The Morgan fingerprint density at radius 1 is 0.871 bits per heavy atom. The number of alkyl halides is 3. The second kappa shape index (κ2) is 8.57. The van der Waals surface area contributed by atoms with Crippen LogP contribution in [0.25, 0.3) is 0 Å². The average molecular weight is 429 g/mol. The van der Waals surface area contributed by atoms with E-state index in [0.717, 1.165) is 17.3 Å². The van der Waals surface area contributed by atoms with Gasteiger partial charge in [0.2, 0.25) is 5.95 Å². The van der Waals surface area contributed by atoms with E-state index in [2.05, 4.69) is 41.4 Å².